The van der Waals surface area contributed by atoms with Gasteiger partial charge in [0.1, 0.15) is 0 Å². The molecule has 0 aliphatic carbocycles. The fourth-order valence-electron chi connectivity index (χ4n) is 2.11. The first-order valence-electron chi connectivity index (χ1n) is 7.21. The van der Waals surface area contributed by atoms with Gasteiger partial charge in [0, 0.05) is 25.0 Å². The highest BCUT2D eigenvalue weighted by Gasteiger charge is 2.10. The van der Waals surface area contributed by atoms with Crippen molar-refractivity contribution in [3.63, 3.8) is 0 Å². The van der Waals surface area contributed by atoms with E-state index in [1.54, 1.807) is 12.1 Å². The van der Waals surface area contributed by atoms with Crippen LogP contribution in [0.3, 0.4) is 0 Å². The van der Waals surface area contributed by atoms with Gasteiger partial charge < -0.3 is 0 Å². The first-order valence-corrected chi connectivity index (χ1v) is 7.21. The predicted molar refractivity (Wildman–Crippen MR) is 89.8 cm³/mol. The summed E-state index contributed by atoms with van der Waals surface area (Å²) in [5.74, 6) is 0.342. The molecule has 1 heterocycles. The molecular formula is C18H16N4O. The predicted octanol–water partition coefficient (Wildman–Crippen LogP) is 2.92. The van der Waals surface area contributed by atoms with Gasteiger partial charge in [-0.1, -0.05) is 48.5 Å². The van der Waals surface area contributed by atoms with Crippen LogP contribution in [0.1, 0.15) is 10.4 Å². The Morgan fingerprint density at radius 1 is 0.913 bits per heavy atom. The molecule has 0 unspecified atom stereocenters. The Hall–Kier alpha value is -3.21. The smallest absolute Gasteiger partial charge is 0.272 e. The molecule has 0 spiro atoms. The van der Waals surface area contributed by atoms with E-state index in [2.05, 4.69) is 15.4 Å². The quantitative estimate of drug-likeness (QED) is 0.753. The largest absolute Gasteiger partial charge is 0.288 e. The van der Waals surface area contributed by atoms with Crippen molar-refractivity contribution in [2.75, 3.05) is 12.1 Å². The number of amides is 1. The molecule has 3 aromatic rings. The molecule has 1 aromatic heterocycles. The summed E-state index contributed by atoms with van der Waals surface area (Å²) in [7, 11) is 1.78. The first-order chi connectivity index (χ1) is 11.2. The molecule has 2 aromatic carbocycles. The topological polar surface area (TPSA) is 58.1 Å². The number of rotatable bonds is 4. The van der Waals surface area contributed by atoms with E-state index < -0.39 is 0 Å². The minimum absolute atomic E-state index is 0.254. The highest BCUT2D eigenvalue weighted by molar-refractivity contribution is 5.94. The third kappa shape index (κ3) is 3.52. The van der Waals surface area contributed by atoms with Crippen LogP contribution in [-0.2, 0) is 0 Å². The minimum Gasteiger partial charge on any atom is -0.288 e. The van der Waals surface area contributed by atoms with Crippen LogP contribution in [0.5, 0.6) is 0 Å². The van der Waals surface area contributed by atoms with Gasteiger partial charge in [0.2, 0.25) is 0 Å². The molecule has 114 valence electrons. The van der Waals surface area contributed by atoms with E-state index in [9.17, 15) is 4.79 Å². The molecule has 23 heavy (non-hydrogen) atoms. The monoisotopic (exact) mass is 304 g/mol. The van der Waals surface area contributed by atoms with Crippen molar-refractivity contribution in [1.82, 2.24) is 15.4 Å². The van der Waals surface area contributed by atoms with E-state index in [1.165, 1.54) is 12.4 Å². The molecule has 5 heteroatoms. The molecule has 1 amide bonds. The van der Waals surface area contributed by atoms with Gasteiger partial charge in [-0.05, 0) is 12.1 Å². The molecule has 0 fully saturated rings. The molecular weight excluding hydrogens is 288 g/mol. The van der Waals surface area contributed by atoms with E-state index in [1.807, 2.05) is 60.7 Å². The Bertz CT molecular complexity index is 773. The lowest BCUT2D eigenvalue weighted by Crippen LogP contribution is -2.39. The zero-order valence-corrected chi connectivity index (χ0v) is 12.7. The lowest BCUT2D eigenvalue weighted by molar-refractivity contribution is 0.0951. The highest BCUT2D eigenvalue weighted by Crippen LogP contribution is 2.13. The second-order valence-electron chi connectivity index (χ2n) is 5.00. The van der Waals surface area contributed by atoms with Crippen LogP contribution in [0.15, 0.2) is 73.1 Å². The molecule has 0 aliphatic rings. The average Bonchev–Trinajstić information content (AvgIpc) is 2.63. The SMILES string of the molecule is CN(NC(=O)c1cnc(-c2ccccc2)nc1)c1ccccc1. The molecule has 0 radical (unpaired) electrons. The second kappa shape index (κ2) is 6.70. The van der Waals surface area contributed by atoms with Crippen LogP contribution in [-0.4, -0.2) is 22.9 Å². The van der Waals surface area contributed by atoms with Crippen LogP contribution in [0, 0.1) is 0 Å². The van der Waals surface area contributed by atoms with Crippen molar-refractivity contribution in [2.24, 2.45) is 0 Å². The van der Waals surface area contributed by atoms with E-state index >= 15 is 0 Å². The maximum absolute atomic E-state index is 12.2. The van der Waals surface area contributed by atoms with Gasteiger partial charge in [-0.3, -0.25) is 15.2 Å². The Kier molecular flexibility index (Phi) is 4.29. The second-order valence-corrected chi connectivity index (χ2v) is 5.00. The molecule has 0 bridgehead atoms. The van der Waals surface area contributed by atoms with E-state index in [0.29, 0.717) is 11.4 Å². The van der Waals surface area contributed by atoms with Gasteiger partial charge in [-0.2, -0.15) is 0 Å². The Labute approximate surface area is 134 Å². The van der Waals surface area contributed by atoms with E-state index in [4.69, 9.17) is 0 Å². The minimum atomic E-state index is -0.254. The molecule has 0 atom stereocenters. The number of hydrogen-bond acceptors (Lipinski definition) is 4. The summed E-state index contributed by atoms with van der Waals surface area (Å²) in [4.78, 5) is 20.8. The van der Waals surface area contributed by atoms with E-state index in [0.717, 1.165) is 11.3 Å². The van der Waals surface area contributed by atoms with Gasteiger partial charge in [-0.15, -0.1) is 0 Å². The summed E-state index contributed by atoms with van der Waals surface area (Å²) in [6.45, 7) is 0. The fraction of sp³-hybridized carbons (Fsp3) is 0.0556. The number of anilines is 1. The van der Waals surface area contributed by atoms with Crippen molar-refractivity contribution in [2.45, 2.75) is 0 Å². The van der Waals surface area contributed by atoms with Crippen molar-refractivity contribution in [1.29, 1.82) is 0 Å². The van der Waals surface area contributed by atoms with Gasteiger partial charge in [0.25, 0.3) is 5.91 Å². The summed E-state index contributed by atoms with van der Waals surface area (Å²) in [6.07, 6.45) is 3.06. The van der Waals surface area contributed by atoms with Crippen molar-refractivity contribution >= 4 is 11.6 Å². The van der Waals surface area contributed by atoms with Crippen LogP contribution in [0.2, 0.25) is 0 Å². The molecule has 5 nitrogen and oxygen atoms in total. The number of hydrogen-bond donors (Lipinski definition) is 1. The van der Waals surface area contributed by atoms with Crippen molar-refractivity contribution in [3.05, 3.63) is 78.6 Å². The number of hydrazine groups is 1. The number of para-hydroxylation sites is 1. The van der Waals surface area contributed by atoms with Crippen molar-refractivity contribution in [3.8, 4) is 11.4 Å². The Morgan fingerprint density at radius 3 is 2.09 bits per heavy atom. The van der Waals surface area contributed by atoms with Gasteiger partial charge in [0.05, 0.1) is 11.3 Å². The number of carbonyl (C=O) groups is 1. The van der Waals surface area contributed by atoms with E-state index in [-0.39, 0.29) is 5.91 Å². The maximum Gasteiger partial charge on any atom is 0.272 e. The third-order valence-electron chi connectivity index (χ3n) is 3.36. The summed E-state index contributed by atoms with van der Waals surface area (Å²) < 4.78 is 0. The summed E-state index contributed by atoms with van der Waals surface area (Å²) in [6, 6.07) is 19.2. The molecule has 0 saturated heterocycles. The normalized spacial score (nSPS) is 10.1. The molecule has 1 N–H and O–H groups in total. The fourth-order valence-corrected chi connectivity index (χ4v) is 2.11. The summed E-state index contributed by atoms with van der Waals surface area (Å²) >= 11 is 0. The Morgan fingerprint density at radius 2 is 1.48 bits per heavy atom. The Balaban J connectivity index is 1.71. The van der Waals surface area contributed by atoms with Crippen molar-refractivity contribution < 1.29 is 4.79 Å². The van der Waals surface area contributed by atoms with Crippen LogP contribution in [0.4, 0.5) is 5.69 Å². The number of nitrogens with zero attached hydrogens (tertiary/aromatic N) is 3. The first kappa shape index (κ1) is 14.7. The van der Waals surface area contributed by atoms with Gasteiger partial charge in [-0.25, -0.2) is 9.97 Å². The average molecular weight is 304 g/mol. The third-order valence-corrected chi connectivity index (χ3v) is 3.36. The zero-order valence-electron chi connectivity index (χ0n) is 12.7. The number of benzene rings is 2. The van der Waals surface area contributed by atoms with Crippen LogP contribution in [0.25, 0.3) is 11.4 Å². The maximum atomic E-state index is 12.2. The molecule has 0 aliphatic heterocycles. The highest BCUT2D eigenvalue weighted by atomic mass is 16.2. The van der Waals surface area contributed by atoms with Crippen LogP contribution >= 0.6 is 0 Å². The van der Waals surface area contributed by atoms with Gasteiger partial charge >= 0.3 is 0 Å². The lowest BCUT2D eigenvalue weighted by atomic mass is 10.2. The standard InChI is InChI=1S/C18H16N4O/c1-22(16-10-6-3-7-11-16)21-18(23)15-12-19-17(20-13-15)14-8-4-2-5-9-14/h2-13H,1H3,(H,21,23). The lowest BCUT2D eigenvalue weighted by Gasteiger charge is -2.20. The number of nitrogens with one attached hydrogen (secondary N) is 1. The summed E-state index contributed by atoms with van der Waals surface area (Å²) in [5, 5.41) is 1.66. The summed E-state index contributed by atoms with van der Waals surface area (Å²) in [5.41, 5.74) is 5.00. The van der Waals surface area contributed by atoms with Crippen LogP contribution < -0.4 is 10.4 Å². The number of carbonyl (C=O) groups excluding carboxylic acids is 1. The zero-order chi connectivity index (χ0) is 16.1. The van der Waals surface area contributed by atoms with Gasteiger partial charge in [0.15, 0.2) is 5.82 Å². The number of aromatic nitrogens is 2. The molecule has 0 saturated carbocycles. The molecule has 3 rings (SSSR count).